The van der Waals surface area contributed by atoms with Crippen molar-refractivity contribution in [3.8, 4) is 16.9 Å². The molecule has 2 aromatic heterocycles. The Morgan fingerprint density at radius 3 is 2.81 bits per heavy atom. The normalized spacial score (nSPS) is 23.2. The molecule has 3 heterocycles. The van der Waals surface area contributed by atoms with Gasteiger partial charge >= 0.3 is 0 Å². The number of aliphatic hydroxyl groups is 1. The molecule has 2 aliphatic rings. The summed E-state index contributed by atoms with van der Waals surface area (Å²) in [5.41, 5.74) is 2.62. The number of halogens is 1. The van der Waals surface area contributed by atoms with Gasteiger partial charge in [-0.15, -0.1) is 0 Å². The molecule has 0 bridgehead atoms. The van der Waals surface area contributed by atoms with E-state index in [0.29, 0.717) is 24.5 Å². The Morgan fingerprint density at radius 1 is 1.25 bits per heavy atom. The number of nitrogens with zero attached hydrogens (tertiary/aromatic N) is 4. The highest BCUT2D eigenvalue weighted by molar-refractivity contribution is 5.94. The quantitative estimate of drug-likeness (QED) is 0.459. The van der Waals surface area contributed by atoms with Crippen LogP contribution in [-0.4, -0.2) is 74.0 Å². The number of alkyl halides is 1. The van der Waals surface area contributed by atoms with Crippen molar-refractivity contribution in [2.45, 2.75) is 38.0 Å². The van der Waals surface area contributed by atoms with Gasteiger partial charge in [0.05, 0.1) is 6.54 Å². The van der Waals surface area contributed by atoms with E-state index in [4.69, 9.17) is 9.84 Å². The first-order valence-electron chi connectivity index (χ1n) is 11.9. The molecular weight excluding hydrogens is 467 g/mol. The van der Waals surface area contributed by atoms with Gasteiger partial charge in [-0.05, 0) is 54.3 Å². The van der Waals surface area contributed by atoms with E-state index in [-0.39, 0.29) is 24.3 Å². The minimum absolute atomic E-state index is 0.0530. The van der Waals surface area contributed by atoms with Crippen LogP contribution in [0.25, 0.3) is 11.1 Å². The topological polar surface area (TPSA) is 133 Å². The lowest BCUT2D eigenvalue weighted by molar-refractivity contribution is -0.138. The van der Waals surface area contributed by atoms with Gasteiger partial charge in [-0.3, -0.25) is 14.7 Å². The number of carbonyl (C=O) groups excluding carboxylic acids is 2. The van der Waals surface area contributed by atoms with Crippen molar-refractivity contribution in [2.24, 2.45) is 5.92 Å². The van der Waals surface area contributed by atoms with Gasteiger partial charge in [0.1, 0.15) is 36.4 Å². The average molecular weight is 495 g/mol. The van der Waals surface area contributed by atoms with Gasteiger partial charge in [0, 0.05) is 31.0 Å². The number of likely N-dealkylation sites (tertiary alicyclic amines) is 1. The Hall–Kier alpha value is -3.86. The Morgan fingerprint density at radius 2 is 2.08 bits per heavy atom. The monoisotopic (exact) mass is 494 g/mol. The molecule has 2 amide bonds. The summed E-state index contributed by atoms with van der Waals surface area (Å²) in [6.07, 6.45) is 2.14. The van der Waals surface area contributed by atoms with Gasteiger partial charge in [0.25, 0.3) is 0 Å². The molecule has 1 saturated carbocycles. The molecule has 1 aliphatic heterocycles. The molecule has 0 radical (unpaired) electrons. The van der Waals surface area contributed by atoms with Crippen LogP contribution in [-0.2, 0) is 9.59 Å². The van der Waals surface area contributed by atoms with Crippen molar-refractivity contribution in [1.29, 1.82) is 0 Å². The van der Waals surface area contributed by atoms with Crippen molar-refractivity contribution in [2.75, 3.05) is 25.0 Å². The molecule has 2 unspecified atom stereocenters. The van der Waals surface area contributed by atoms with Crippen molar-refractivity contribution >= 4 is 17.6 Å². The summed E-state index contributed by atoms with van der Waals surface area (Å²) < 4.78 is 20.6. The van der Waals surface area contributed by atoms with E-state index in [1.807, 2.05) is 31.2 Å². The van der Waals surface area contributed by atoms with Gasteiger partial charge in [0.2, 0.25) is 11.8 Å². The summed E-state index contributed by atoms with van der Waals surface area (Å²) in [5, 5.41) is 18.5. The number of aromatic nitrogens is 4. The molecule has 11 heteroatoms. The van der Waals surface area contributed by atoms with E-state index in [0.717, 1.165) is 28.9 Å². The number of ether oxygens (including phenoxy) is 1. The summed E-state index contributed by atoms with van der Waals surface area (Å²) in [6.45, 7) is 1.51. The van der Waals surface area contributed by atoms with Gasteiger partial charge in [0.15, 0.2) is 6.17 Å². The maximum absolute atomic E-state index is 14.6. The molecule has 1 saturated heterocycles. The number of rotatable bonds is 7. The molecule has 2 fully saturated rings. The number of aromatic amines is 1. The van der Waals surface area contributed by atoms with E-state index >= 15 is 0 Å². The Kier molecular flexibility index (Phi) is 6.64. The van der Waals surface area contributed by atoms with Crippen LogP contribution in [0.3, 0.4) is 0 Å². The van der Waals surface area contributed by atoms with E-state index in [9.17, 15) is 14.0 Å². The lowest BCUT2D eigenvalue weighted by atomic mass is 10.0. The Bertz CT molecular complexity index is 1250. The van der Waals surface area contributed by atoms with Crippen LogP contribution < -0.4 is 10.1 Å². The number of aliphatic hydroxyl groups excluding tert-OH is 1. The number of H-pyrrole nitrogens is 1. The maximum atomic E-state index is 14.6. The Balaban J connectivity index is 1.22. The van der Waals surface area contributed by atoms with Crippen molar-refractivity contribution in [3.63, 3.8) is 0 Å². The molecule has 4 atom stereocenters. The van der Waals surface area contributed by atoms with Crippen LogP contribution in [0.1, 0.15) is 30.1 Å². The molecule has 5 rings (SSSR count). The highest BCUT2D eigenvalue weighted by Gasteiger charge is 2.46. The first kappa shape index (κ1) is 23.9. The summed E-state index contributed by atoms with van der Waals surface area (Å²) in [6, 6.07) is 9.28. The third-order valence-electron chi connectivity index (χ3n) is 6.68. The molecule has 188 valence electrons. The van der Waals surface area contributed by atoms with Crippen LogP contribution in [0.5, 0.6) is 5.75 Å². The van der Waals surface area contributed by atoms with Gasteiger partial charge < -0.3 is 20.1 Å². The summed E-state index contributed by atoms with van der Waals surface area (Å²) in [7, 11) is 0. The number of aryl methyl sites for hydroxylation is 1. The minimum Gasteiger partial charge on any atom is -0.487 e. The number of nitrogens with one attached hydrogen (secondary N) is 2. The fraction of sp³-hybridized carbons (Fsp3) is 0.400. The largest absolute Gasteiger partial charge is 0.487 e. The molecule has 0 spiro atoms. The molecular formula is C25H27FN6O4. The van der Waals surface area contributed by atoms with Crippen LogP contribution in [0.15, 0.2) is 42.9 Å². The molecule has 1 aromatic carbocycles. The zero-order chi connectivity index (χ0) is 25.2. The van der Waals surface area contributed by atoms with Gasteiger partial charge in [-0.25, -0.2) is 14.4 Å². The maximum Gasteiger partial charge on any atom is 0.248 e. The molecule has 1 aliphatic carbocycles. The average Bonchev–Trinajstić information content (AvgIpc) is 3.50. The molecule has 36 heavy (non-hydrogen) atoms. The van der Waals surface area contributed by atoms with Crippen LogP contribution in [0.2, 0.25) is 0 Å². The molecule has 10 nitrogen and oxygen atoms in total. The van der Waals surface area contributed by atoms with Crippen LogP contribution in [0.4, 0.5) is 10.2 Å². The number of carbonyl (C=O) groups is 2. The number of piperidine rings is 1. The zero-order valence-corrected chi connectivity index (χ0v) is 19.7. The number of hydrogen-bond acceptors (Lipinski definition) is 7. The summed E-state index contributed by atoms with van der Waals surface area (Å²) in [4.78, 5) is 34.0. The third kappa shape index (κ3) is 5.06. The Labute approximate surface area is 206 Å². The van der Waals surface area contributed by atoms with E-state index in [1.54, 1.807) is 12.3 Å². The standard InChI is InChI=1S/C25H27FN6O4/c1-14-8-15(2-3-20(14)36-21-5-7-32(11-19(21)26)23(34)12-33)16-4-6-27-22(9-16)30-25(35)18-10-17(18)24-28-13-29-31-24/h2-4,6,8-9,13,17-19,21,33H,5,7,10-12H2,1H3,(H,27,30,35)(H,28,29,31)/t17?,18?,19-,21+/m1/s1. The minimum atomic E-state index is -1.34. The number of amides is 2. The second-order valence-electron chi connectivity index (χ2n) is 9.18. The lowest BCUT2D eigenvalue weighted by Crippen LogP contribution is -2.50. The van der Waals surface area contributed by atoms with Crippen molar-refractivity contribution < 1.29 is 23.8 Å². The molecule has 3 aromatic rings. The van der Waals surface area contributed by atoms with Gasteiger partial charge in [-0.1, -0.05) is 6.07 Å². The zero-order valence-electron chi connectivity index (χ0n) is 19.7. The number of benzene rings is 1. The fourth-order valence-electron chi connectivity index (χ4n) is 4.54. The first-order chi connectivity index (χ1) is 17.4. The van der Waals surface area contributed by atoms with E-state index in [1.165, 1.54) is 11.2 Å². The predicted octanol–water partition coefficient (Wildman–Crippen LogP) is 2.23. The van der Waals surface area contributed by atoms with Gasteiger partial charge in [-0.2, -0.15) is 5.10 Å². The molecule has 3 N–H and O–H groups in total. The van der Waals surface area contributed by atoms with Crippen LogP contribution in [0, 0.1) is 12.8 Å². The second kappa shape index (κ2) is 10.0. The lowest BCUT2D eigenvalue weighted by Gasteiger charge is -2.34. The number of hydrogen-bond donors (Lipinski definition) is 3. The second-order valence-corrected chi connectivity index (χ2v) is 9.18. The number of anilines is 1. The fourth-order valence-corrected chi connectivity index (χ4v) is 4.54. The van der Waals surface area contributed by atoms with E-state index in [2.05, 4.69) is 25.5 Å². The van der Waals surface area contributed by atoms with Crippen LogP contribution >= 0.6 is 0 Å². The van der Waals surface area contributed by atoms with E-state index < -0.39 is 24.8 Å². The SMILES string of the molecule is Cc1cc(-c2ccnc(NC(=O)C3CC3c3ncn[nH]3)c2)ccc1O[C@H]1CCN(C(=O)CO)C[C@H]1F. The highest BCUT2D eigenvalue weighted by Crippen LogP contribution is 2.46. The highest BCUT2D eigenvalue weighted by atomic mass is 19.1. The number of pyridine rings is 1. The van der Waals surface area contributed by atoms with Crippen molar-refractivity contribution in [1.82, 2.24) is 25.1 Å². The summed E-state index contributed by atoms with van der Waals surface area (Å²) in [5.74, 6) is 1.07. The third-order valence-corrected chi connectivity index (χ3v) is 6.68. The first-order valence-corrected chi connectivity index (χ1v) is 11.9. The smallest absolute Gasteiger partial charge is 0.248 e. The summed E-state index contributed by atoms with van der Waals surface area (Å²) >= 11 is 0. The van der Waals surface area contributed by atoms with Crippen molar-refractivity contribution in [3.05, 3.63) is 54.2 Å². The predicted molar refractivity (Wildman–Crippen MR) is 128 cm³/mol.